The van der Waals surface area contributed by atoms with E-state index in [4.69, 9.17) is 10.5 Å². The summed E-state index contributed by atoms with van der Waals surface area (Å²) in [5.74, 6) is 0.124. The Balaban J connectivity index is 1.51. The van der Waals surface area contributed by atoms with Gasteiger partial charge >= 0.3 is 0 Å². The number of hydrogen-bond acceptors (Lipinski definition) is 6. The molecule has 0 aliphatic carbocycles. The molecule has 1 aromatic heterocycles. The minimum atomic E-state index is -3.75. The average Bonchev–Trinajstić information content (AvgIpc) is 3.35. The molecule has 0 unspecified atom stereocenters. The van der Waals surface area contributed by atoms with Crippen LogP contribution in [-0.2, 0) is 10.0 Å². The summed E-state index contributed by atoms with van der Waals surface area (Å²) in [4.78, 5) is 12.9. The molecule has 9 nitrogen and oxygen atoms in total. The quantitative estimate of drug-likeness (QED) is 0.308. The SMILES string of the molecule is COc1cc(C(=O)Nc2ccc(NS(=O)(=O)c3ccccc3)cc2N)ccc1-c1cn[nH]c1. The third-order valence-electron chi connectivity index (χ3n) is 4.88. The average molecular weight is 464 g/mol. The van der Waals surface area contributed by atoms with E-state index < -0.39 is 15.9 Å². The summed E-state index contributed by atoms with van der Waals surface area (Å²) in [5.41, 5.74) is 8.89. The van der Waals surface area contributed by atoms with E-state index in [1.54, 1.807) is 48.8 Å². The van der Waals surface area contributed by atoms with Crippen molar-refractivity contribution in [2.45, 2.75) is 4.90 Å². The van der Waals surface area contributed by atoms with Crippen LogP contribution in [0.3, 0.4) is 0 Å². The number of hydrogen-bond donors (Lipinski definition) is 4. The highest BCUT2D eigenvalue weighted by Gasteiger charge is 2.16. The maximum absolute atomic E-state index is 12.8. The summed E-state index contributed by atoms with van der Waals surface area (Å²) in [6.45, 7) is 0. The zero-order valence-electron chi connectivity index (χ0n) is 17.6. The van der Waals surface area contributed by atoms with Crippen molar-refractivity contribution in [1.82, 2.24) is 10.2 Å². The van der Waals surface area contributed by atoms with Crippen LogP contribution in [0.1, 0.15) is 10.4 Å². The Morgan fingerprint density at radius 2 is 1.85 bits per heavy atom. The predicted octanol–water partition coefficient (Wildman–Crippen LogP) is 3.72. The molecule has 3 aromatic carbocycles. The van der Waals surface area contributed by atoms with Crippen LogP contribution < -0.4 is 20.5 Å². The van der Waals surface area contributed by atoms with Gasteiger partial charge in [-0.1, -0.05) is 18.2 Å². The summed E-state index contributed by atoms with van der Waals surface area (Å²) in [5, 5.41) is 9.41. The lowest BCUT2D eigenvalue weighted by molar-refractivity contribution is 0.102. The van der Waals surface area contributed by atoms with Gasteiger partial charge in [0, 0.05) is 22.9 Å². The highest BCUT2D eigenvalue weighted by Crippen LogP contribution is 2.31. The van der Waals surface area contributed by atoms with Crippen LogP contribution in [0.25, 0.3) is 11.1 Å². The Bertz CT molecular complexity index is 1390. The standard InChI is InChI=1S/C23H21N5O4S/c1-32-22-11-15(7-9-19(22)16-13-25-26-14-16)23(29)27-21-10-8-17(12-20(21)24)28-33(30,31)18-5-3-2-4-6-18/h2-14,28H,24H2,1H3,(H,25,26)(H,27,29). The number of aromatic amines is 1. The topological polar surface area (TPSA) is 139 Å². The van der Waals surface area contributed by atoms with E-state index in [9.17, 15) is 13.2 Å². The lowest BCUT2D eigenvalue weighted by Gasteiger charge is -2.13. The van der Waals surface area contributed by atoms with Crippen LogP contribution in [0.2, 0.25) is 0 Å². The summed E-state index contributed by atoms with van der Waals surface area (Å²) in [7, 11) is -2.23. The third kappa shape index (κ3) is 4.80. The van der Waals surface area contributed by atoms with E-state index in [0.29, 0.717) is 17.0 Å². The van der Waals surface area contributed by atoms with Crippen molar-refractivity contribution < 1.29 is 17.9 Å². The molecule has 0 saturated heterocycles. The summed E-state index contributed by atoms with van der Waals surface area (Å²) < 4.78 is 32.9. The molecule has 10 heteroatoms. The van der Waals surface area contributed by atoms with E-state index in [1.165, 1.54) is 37.4 Å². The van der Waals surface area contributed by atoms with Crippen molar-refractivity contribution in [3.05, 3.63) is 84.7 Å². The molecular weight excluding hydrogens is 442 g/mol. The van der Waals surface area contributed by atoms with Crippen molar-refractivity contribution in [2.75, 3.05) is 22.9 Å². The zero-order valence-corrected chi connectivity index (χ0v) is 18.4. The highest BCUT2D eigenvalue weighted by atomic mass is 32.2. The first-order valence-electron chi connectivity index (χ1n) is 9.83. The Hall–Kier alpha value is -4.31. The van der Waals surface area contributed by atoms with E-state index in [1.807, 2.05) is 0 Å². The largest absolute Gasteiger partial charge is 0.496 e. The van der Waals surface area contributed by atoms with Gasteiger partial charge < -0.3 is 15.8 Å². The van der Waals surface area contributed by atoms with Crippen LogP contribution in [0.4, 0.5) is 17.1 Å². The number of sulfonamides is 1. The fourth-order valence-electron chi connectivity index (χ4n) is 3.22. The van der Waals surface area contributed by atoms with Crippen LogP contribution in [-0.4, -0.2) is 31.6 Å². The molecule has 0 aliphatic heterocycles. The first-order chi connectivity index (χ1) is 15.9. The first-order valence-corrected chi connectivity index (χ1v) is 11.3. The van der Waals surface area contributed by atoms with Gasteiger partial charge in [0.05, 0.1) is 35.3 Å². The van der Waals surface area contributed by atoms with Gasteiger partial charge in [-0.2, -0.15) is 5.10 Å². The number of methoxy groups -OCH3 is 1. The number of nitrogens with zero attached hydrogens (tertiary/aromatic N) is 1. The second kappa shape index (κ2) is 9.05. The summed E-state index contributed by atoms with van der Waals surface area (Å²) >= 11 is 0. The van der Waals surface area contributed by atoms with E-state index in [0.717, 1.165) is 11.1 Å². The molecule has 0 spiro atoms. The van der Waals surface area contributed by atoms with Gasteiger partial charge in [-0.25, -0.2) is 8.42 Å². The van der Waals surface area contributed by atoms with Gasteiger partial charge in [-0.05, 0) is 48.5 Å². The fraction of sp³-hybridized carbons (Fsp3) is 0.0435. The minimum absolute atomic E-state index is 0.133. The van der Waals surface area contributed by atoms with Crippen molar-refractivity contribution in [2.24, 2.45) is 0 Å². The Labute approximate surface area is 190 Å². The van der Waals surface area contributed by atoms with E-state index in [2.05, 4.69) is 20.2 Å². The molecule has 0 bridgehead atoms. The summed E-state index contributed by atoms with van der Waals surface area (Å²) in [6.07, 6.45) is 3.39. The van der Waals surface area contributed by atoms with Crippen molar-refractivity contribution in [3.63, 3.8) is 0 Å². The predicted molar refractivity (Wildman–Crippen MR) is 127 cm³/mol. The smallest absolute Gasteiger partial charge is 0.261 e. The molecule has 0 radical (unpaired) electrons. The molecule has 5 N–H and O–H groups in total. The van der Waals surface area contributed by atoms with Gasteiger partial charge in [-0.3, -0.25) is 14.6 Å². The molecule has 33 heavy (non-hydrogen) atoms. The van der Waals surface area contributed by atoms with Crippen molar-refractivity contribution in [1.29, 1.82) is 0 Å². The number of aromatic nitrogens is 2. The molecular formula is C23H21N5O4S. The number of rotatable bonds is 7. The van der Waals surface area contributed by atoms with E-state index in [-0.39, 0.29) is 16.3 Å². The number of amides is 1. The van der Waals surface area contributed by atoms with Crippen LogP contribution in [0.5, 0.6) is 5.75 Å². The Morgan fingerprint density at radius 3 is 2.52 bits per heavy atom. The number of nitrogens with one attached hydrogen (secondary N) is 3. The second-order valence-electron chi connectivity index (χ2n) is 7.08. The van der Waals surface area contributed by atoms with Gasteiger partial charge in [0.15, 0.2) is 0 Å². The maximum Gasteiger partial charge on any atom is 0.261 e. The number of ether oxygens (including phenoxy) is 1. The molecule has 1 amide bonds. The zero-order chi connectivity index (χ0) is 23.4. The molecule has 4 rings (SSSR count). The van der Waals surface area contributed by atoms with Gasteiger partial charge in [0.1, 0.15) is 5.75 Å². The maximum atomic E-state index is 12.8. The highest BCUT2D eigenvalue weighted by molar-refractivity contribution is 7.92. The van der Waals surface area contributed by atoms with E-state index >= 15 is 0 Å². The number of H-pyrrole nitrogens is 1. The van der Waals surface area contributed by atoms with Crippen LogP contribution >= 0.6 is 0 Å². The first kappa shape index (κ1) is 21.9. The lowest BCUT2D eigenvalue weighted by Crippen LogP contribution is -2.15. The molecule has 0 aliphatic rings. The molecule has 1 heterocycles. The molecule has 0 saturated carbocycles. The van der Waals surface area contributed by atoms with Crippen LogP contribution in [0, 0.1) is 0 Å². The third-order valence-corrected chi connectivity index (χ3v) is 6.28. The monoisotopic (exact) mass is 463 g/mol. The fourth-order valence-corrected chi connectivity index (χ4v) is 4.29. The van der Waals surface area contributed by atoms with Crippen molar-refractivity contribution in [3.8, 4) is 16.9 Å². The van der Waals surface area contributed by atoms with Gasteiger partial charge in [0.25, 0.3) is 15.9 Å². The number of benzene rings is 3. The summed E-state index contributed by atoms with van der Waals surface area (Å²) in [6, 6.07) is 17.5. The van der Waals surface area contributed by atoms with Crippen LogP contribution in [0.15, 0.2) is 84.0 Å². The van der Waals surface area contributed by atoms with Crippen molar-refractivity contribution >= 4 is 33.0 Å². The Kier molecular flexibility index (Phi) is 6.01. The Morgan fingerprint density at radius 1 is 1.06 bits per heavy atom. The number of nitrogen functional groups attached to an aromatic ring is 1. The lowest BCUT2D eigenvalue weighted by atomic mass is 10.0. The molecule has 0 atom stereocenters. The number of nitrogens with two attached hydrogens (primary N) is 1. The van der Waals surface area contributed by atoms with Gasteiger partial charge in [-0.15, -0.1) is 0 Å². The normalized spacial score (nSPS) is 11.1. The molecule has 168 valence electrons. The minimum Gasteiger partial charge on any atom is -0.496 e. The second-order valence-corrected chi connectivity index (χ2v) is 8.76. The number of anilines is 3. The number of carbonyl (C=O) groups excluding carboxylic acids is 1. The van der Waals surface area contributed by atoms with Gasteiger partial charge in [0.2, 0.25) is 0 Å². The molecule has 4 aromatic rings. The number of carbonyl (C=O) groups is 1. The molecule has 0 fully saturated rings.